The second-order valence-electron chi connectivity index (χ2n) is 5.28. The van der Waals surface area contributed by atoms with Gasteiger partial charge in [0.2, 0.25) is 0 Å². The Balaban J connectivity index is 2.55. The topological polar surface area (TPSA) is 21.3 Å². The van der Waals surface area contributed by atoms with Crippen molar-refractivity contribution in [1.82, 2.24) is 5.32 Å². The highest BCUT2D eigenvalue weighted by Gasteiger charge is 2.19. The third kappa shape index (κ3) is 5.09. The summed E-state index contributed by atoms with van der Waals surface area (Å²) >= 11 is 3.61. The van der Waals surface area contributed by atoms with Gasteiger partial charge in [0, 0.05) is 17.6 Å². The molecule has 1 rings (SSSR count). The Morgan fingerprint density at radius 3 is 2.56 bits per heavy atom. The van der Waals surface area contributed by atoms with Crippen molar-refractivity contribution in [3.8, 4) is 0 Å². The van der Waals surface area contributed by atoms with Crippen molar-refractivity contribution in [2.24, 2.45) is 0 Å². The first-order chi connectivity index (χ1) is 8.48. The molecule has 1 aromatic rings. The van der Waals surface area contributed by atoms with Gasteiger partial charge in [0.05, 0.1) is 5.60 Å². The van der Waals surface area contributed by atoms with E-state index in [1.807, 2.05) is 7.05 Å². The van der Waals surface area contributed by atoms with E-state index in [1.165, 1.54) is 10.0 Å². The Kier molecular flexibility index (Phi) is 6.33. The van der Waals surface area contributed by atoms with Crippen molar-refractivity contribution in [2.75, 3.05) is 14.2 Å². The maximum absolute atomic E-state index is 5.47. The van der Waals surface area contributed by atoms with Crippen molar-refractivity contribution < 1.29 is 4.74 Å². The number of hydrogen-bond donors (Lipinski definition) is 1. The van der Waals surface area contributed by atoms with Gasteiger partial charge in [-0.25, -0.2) is 0 Å². The first-order valence-corrected chi connectivity index (χ1v) is 7.23. The first-order valence-electron chi connectivity index (χ1n) is 6.44. The van der Waals surface area contributed by atoms with Crippen molar-refractivity contribution >= 4 is 15.9 Å². The molecule has 0 bridgehead atoms. The minimum atomic E-state index is -0.0387. The molecular formula is C15H24BrNO. The molecule has 18 heavy (non-hydrogen) atoms. The lowest BCUT2D eigenvalue weighted by molar-refractivity contribution is 0.0119. The second-order valence-corrected chi connectivity index (χ2v) is 6.14. The van der Waals surface area contributed by atoms with Crippen molar-refractivity contribution in [3.63, 3.8) is 0 Å². The minimum Gasteiger partial charge on any atom is -0.379 e. The Morgan fingerprint density at radius 2 is 2.00 bits per heavy atom. The molecule has 0 aliphatic carbocycles. The van der Waals surface area contributed by atoms with Gasteiger partial charge in [0.1, 0.15) is 0 Å². The summed E-state index contributed by atoms with van der Waals surface area (Å²) < 4.78 is 6.66. The molecular weight excluding hydrogens is 290 g/mol. The van der Waals surface area contributed by atoms with Crippen molar-refractivity contribution in [2.45, 2.75) is 44.8 Å². The molecule has 0 spiro atoms. The largest absolute Gasteiger partial charge is 0.379 e. The normalized spacial score (nSPS) is 13.6. The number of hydrogen-bond acceptors (Lipinski definition) is 2. The molecule has 0 saturated heterocycles. The minimum absolute atomic E-state index is 0.0387. The van der Waals surface area contributed by atoms with E-state index < -0.39 is 0 Å². The van der Waals surface area contributed by atoms with Gasteiger partial charge < -0.3 is 10.1 Å². The van der Waals surface area contributed by atoms with Crippen LogP contribution >= 0.6 is 15.9 Å². The quantitative estimate of drug-likeness (QED) is 0.827. The number of ether oxygens (including phenoxy) is 1. The lowest BCUT2D eigenvalue weighted by Crippen LogP contribution is -2.32. The molecule has 0 amide bonds. The van der Waals surface area contributed by atoms with E-state index in [4.69, 9.17) is 4.74 Å². The third-order valence-corrected chi connectivity index (χ3v) is 4.25. The summed E-state index contributed by atoms with van der Waals surface area (Å²) in [6, 6.07) is 8.90. The van der Waals surface area contributed by atoms with Crippen LogP contribution in [0.2, 0.25) is 0 Å². The van der Waals surface area contributed by atoms with Gasteiger partial charge >= 0.3 is 0 Å². The van der Waals surface area contributed by atoms with Gasteiger partial charge in [-0.15, -0.1) is 0 Å². The van der Waals surface area contributed by atoms with Crippen molar-refractivity contribution in [1.29, 1.82) is 0 Å². The number of methoxy groups -OCH3 is 1. The number of likely N-dealkylation sites (N-methyl/N-ethyl adjacent to an activating group) is 1. The van der Waals surface area contributed by atoms with Crippen molar-refractivity contribution in [3.05, 3.63) is 34.3 Å². The van der Waals surface area contributed by atoms with Gasteiger partial charge in [-0.2, -0.15) is 0 Å². The predicted molar refractivity (Wildman–Crippen MR) is 81.0 cm³/mol. The summed E-state index contributed by atoms with van der Waals surface area (Å²) in [4.78, 5) is 0. The highest BCUT2D eigenvalue weighted by Crippen LogP contribution is 2.21. The molecule has 0 heterocycles. The molecule has 3 heteroatoms. The van der Waals surface area contributed by atoms with Gasteiger partial charge in [0.25, 0.3) is 0 Å². The lowest BCUT2D eigenvalue weighted by atomic mass is 9.95. The van der Waals surface area contributed by atoms with Gasteiger partial charge in [-0.3, -0.25) is 0 Å². The molecule has 0 aliphatic rings. The van der Waals surface area contributed by atoms with Crippen LogP contribution in [0.3, 0.4) is 0 Å². The maximum Gasteiger partial charge on any atom is 0.0623 e. The van der Waals surface area contributed by atoms with E-state index in [0.29, 0.717) is 6.04 Å². The number of nitrogens with one attached hydrogen (secondary N) is 1. The predicted octanol–water partition coefficient (Wildman–Crippen LogP) is 3.78. The summed E-state index contributed by atoms with van der Waals surface area (Å²) in [6.45, 7) is 4.27. The summed E-state index contributed by atoms with van der Waals surface area (Å²) in [7, 11) is 3.81. The zero-order chi connectivity index (χ0) is 13.6. The average molecular weight is 314 g/mol. The van der Waals surface area contributed by atoms with Crippen LogP contribution in [0, 0.1) is 0 Å². The summed E-state index contributed by atoms with van der Waals surface area (Å²) in [5.74, 6) is 0. The Morgan fingerprint density at radius 1 is 1.33 bits per heavy atom. The fraction of sp³-hybridized carbons (Fsp3) is 0.600. The zero-order valence-electron chi connectivity index (χ0n) is 11.8. The highest BCUT2D eigenvalue weighted by molar-refractivity contribution is 9.10. The molecule has 2 nitrogen and oxygen atoms in total. The molecule has 0 aromatic heterocycles. The Labute approximate surface area is 119 Å². The standard InChI is InChI=1S/C15H24BrNO/c1-15(2,18-4)10-9-13(17-3)11-12-7-5-6-8-14(12)16/h5-8,13,17H,9-11H2,1-4H3. The van der Waals surface area contributed by atoms with E-state index in [2.05, 4.69) is 59.4 Å². The fourth-order valence-corrected chi connectivity index (χ4v) is 2.35. The van der Waals surface area contributed by atoms with E-state index >= 15 is 0 Å². The zero-order valence-corrected chi connectivity index (χ0v) is 13.4. The van der Waals surface area contributed by atoms with E-state index in [-0.39, 0.29) is 5.60 Å². The van der Waals surface area contributed by atoms with Gasteiger partial charge in [-0.1, -0.05) is 34.1 Å². The van der Waals surface area contributed by atoms with Crippen LogP contribution in [0.4, 0.5) is 0 Å². The fourth-order valence-electron chi connectivity index (χ4n) is 1.90. The average Bonchev–Trinajstić information content (AvgIpc) is 2.36. The molecule has 1 atom stereocenters. The highest BCUT2D eigenvalue weighted by atomic mass is 79.9. The molecule has 0 fully saturated rings. The van der Waals surface area contributed by atoms with Crippen LogP contribution in [0.1, 0.15) is 32.3 Å². The van der Waals surface area contributed by atoms with E-state index in [9.17, 15) is 0 Å². The summed E-state index contributed by atoms with van der Waals surface area (Å²) in [5, 5.41) is 3.40. The SMILES string of the molecule is CNC(CCC(C)(C)OC)Cc1ccccc1Br. The molecule has 1 aromatic carbocycles. The van der Waals surface area contributed by atoms with Crippen LogP contribution < -0.4 is 5.32 Å². The monoisotopic (exact) mass is 313 g/mol. The smallest absolute Gasteiger partial charge is 0.0623 e. The van der Waals surface area contributed by atoms with Crippen LogP contribution in [0.15, 0.2) is 28.7 Å². The molecule has 0 saturated carbocycles. The Hall–Kier alpha value is -0.380. The molecule has 1 unspecified atom stereocenters. The van der Waals surface area contributed by atoms with Crippen LogP contribution in [0.25, 0.3) is 0 Å². The number of halogens is 1. The van der Waals surface area contributed by atoms with Gasteiger partial charge in [0.15, 0.2) is 0 Å². The van der Waals surface area contributed by atoms with E-state index in [1.54, 1.807) is 7.11 Å². The van der Waals surface area contributed by atoms with Gasteiger partial charge in [-0.05, 0) is 51.8 Å². The van der Waals surface area contributed by atoms with Crippen LogP contribution in [0.5, 0.6) is 0 Å². The number of rotatable bonds is 7. The third-order valence-electron chi connectivity index (χ3n) is 3.48. The molecule has 1 N–H and O–H groups in total. The van der Waals surface area contributed by atoms with Crippen LogP contribution in [-0.2, 0) is 11.2 Å². The van der Waals surface area contributed by atoms with E-state index in [0.717, 1.165) is 19.3 Å². The molecule has 102 valence electrons. The maximum atomic E-state index is 5.47. The molecule has 0 radical (unpaired) electrons. The first kappa shape index (κ1) is 15.7. The number of benzene rings is 1. The summed E-state index contributed by atoms with van der Waals surface area (Å²) in [5.41, 5.74) is 1.32. The Bertz CT molecular complexity index is 365. The molecule has 0 aliphatic heterocycles. The van der Waals surface area contributed by atoms with Crippen LogP contribution in [-0.4, -0.2) is 25.8 Å². The summed E-state index contributed by atoms with van der Waals surface area (Å²) in [6.07, 6.45) is 3.20. The second kappa shape index (κ2) is 7.27. The lowest BCUT2D eigenvalue weighted by Gasteiger charge is -2.26.